The van der Waals surface area contributed by atoms with Gasteiger partial charge in [-0.25, -0.2) is 0 Å². The molecule has 2 heterocycles. The average molecular weight is 346 g/mol. The maximum atomic E-state index is 13.2. The Hall–Kier alpha value is -1.04. The van der Waals surface area contributed by atoms with E-state index in [1.54, 1.807) is 0 Å². The van der Waals surface area contributed by atoms with Gasteiger partial charge in [-0.3, -0.25) is 9.59 Å². The van der Waals surface area contributed by atoms with Crippen molar-refractivity contribution in [1.82, 2.24) is 0 Å². The van der Waals surface area contributed by atoms with Crippen LogP contribution in [0.5, 0.6) is 0 Å². The fourth-order valence-corrected chi connectivity index (χ4v) is 7.19. The summed E-state index contributed by atoms with van der Waals surface area (Å²) in [5.41, 5.74) is -0.911. The molecule has 5 heteroatoms. The Morgan fingerprint density at radius 1 is 1.16 bits per heavy atom. The summed E-state index contributed by atoms with van der Waals surface area (Å²) in [4.78, 5) is 25.9. The third kappa shape index (κ3) is 1.62. The van der Waals surface area contributed by atoms with Gasteiger partial charge < -0.3 is 14.6 Å². The molecular weight excluding hydrogens is 320 g/mol. The van der Waals surface area contributed by atoms with E-state index in [2.05, 4.69) is 6.58 Å². The monoisotopic (exact) mass is 346 g/mol. The first-order chi connectivity index (χ1) is 11.7. The molecule has 2 saturated heterocycles. The summed E-state index contributed by atoms with van der Waals surface area (Å²) < 4.78 is 12.0. The van der Waals surface area contributed by atoms with Crippen LogP contribution < -0.4 is 0 Å². The Morgan fingerprint density at radius 3 is 2.68 bits per heavy atom. The third-order valence-corrected chi connectivity index (χ3v) is 8.34. The lowest BCUT2D eigenvalue weighted by atomic mass is 9.44. The first-order valence-corrected chi connectivity index (χ1v) is 9.43. The van der Waals surface area contributed by atoms with Crippen LogP contribution in [0.4, 0.5) is 0 Å². The lowest BCUT2D eigenvalue weighted by Crippen LogP contribution is -2.68. The van der Waals surface area contributed by atoms with Crippen LogP contribution in [0.25, 0.3) is 0 Å². The van der Waals surface area contributed by atoms with E-state index in [0.717, 1.165) is 24.8 Å². The SMILES string of the molecule is C=C1C(=O)C23COC4CC(=O)C(C)(C)C5C(O)OCC45C2CCC1C3. The van der Waals surface area contributed by atoms with Gasteiger partial charge in [-0.05, 0) is 36.7 Å². The van der Waals surface area contributed by atoms with E-state index in [9.17, 15) is 14.7 Å². The lowest BCUT2D eigenvalue weighted by Gasteiger charge is -2.62. The maximum Gasteiger partial charge on any atom is 0.167 e. The van der Waals surface area contributed by atoms with Gasteiger partial charge in [0.15, 0.2) is 12.1 Å². The van der Waals surface area contributed by atoms with E-state index in [4.69, 9.17) is 9.47 Å². The van der Waals surface area contributed by atoms with Crippen LogP contribution in [0.2, 0.25) is 0 Å². The number of carbonyl (C=O) groups is 2. The molecule has 5 rings (SSSR count). The van der Waals surface area contributed by atoms with Crippen LogP contribution in [0.1, 0.15) is 39.5 Å². The highest BCUT2D eigenvalue weighted by molar-refractivity contribution is 6.03. The number of ketones is 2. The van der Waals surface area contributed by atoms with Crippen molar-refractivity contribution in [2.45, 2.75) is 51.9 Å². The fourth-order valence-electron chi connectivity index (χ4n) is 7.19. The summed E-state index contributed by atoms with van der Waals surface area (Å²) in [6, 6.07) is 0. The second-order valence-corrected chi connectivity index (χ2v) is 9.48. The number of aliphatic hydroxyl groups excluding tert-OH is 1. The first kappa shape index (κ1) is 16.2. The number of Topliss-reactive ketones (excluding diaryl/α,β-unsaturated/α-hetero) is 2. The third-order valence-electron chi connectivity index (χ3n) is 8.34. The molecular formula is C20H26O5. The van der Waals surface area contributed by atoms with Gasteiger partial charge in [0.05, 0.1) is 24.7 Å². The molecule has 25 heavy (non-hydrogen) atoms. The number of carbonyl (C=O) groups excluding carboxylic acids is 2. The fraction of sp³-hybridized carbons (Fsp3) is 0.800. The van der Waals surface area contributed by atoms with Crippen LogP contribution in [0.15, 0.2) is 12.2 Å². The summed E-state index contributed by atoms with van der Waals surface area (Å²) in [6.45, 7) is 8.65. The summed E-state index contributed by atoms with van der Waals surface area (Å²) in [6.07, 6.45) is 1.81. The summed E-state index contributed by atoms with van der Waals surface area (Å²) >= 11 is 0. The van der Waals surface area contributed by atoms with Crippen molar-refractivity contribution in [1.29, 1.82) is 0 Å². The Kier molecular flexibility index (Phi) is 2.99. The molecule has 5 fully saturated rings. The van der Waals surface area contributed by atoms with Crippen molar-refractivity contribution in [3.05, 3.63) is 12.2 Å². The van der Waals surface area contributed by atoms with E-state index in [0.29, 0.717) is 19.6 Å². The molecule has 0 radical (unpaired) electrons. The summed E-state index contributed by atoms with van der Waals surface area (Å²) in [7, 11) is 0. The Labute approximate surface area is 147 Å². The molecule has 2 aliphatic heterocycles. The molecule has 0 aromatic heterocycles. The minimum atomic E-state index is -0.974. The van der Waals surface area contributed by atoms with Gasteiger partial charge in [-0.2, -0.15) is 0 Å². The highest BCUT2D eigenvalue weighted by Crippen LogP contribution is 2.70. The van der Waals surface area contributed by atoms with Crippen LogP contribution in [0.3, 0.4) is 0 Å². The van der Waals surface area contributed by atoms with Gasteiger partial charge in [-0.15, -0.1) is 0 Å². The maximum absolute atomic E-state index is 13.2. The van der Waals surface area contributed by atoms with Gasteiger partial charge in [0, 0.05) is 23.2 Å². The first-order valence-electron chi connectivity index (χ1n) is 9.43. The van der Waals surface area contributed by atoms with Crippen molar-refractivity contribution >= 4 is 11.6 Å². The van der Waals surface area contributed by atoms with Crippen LogP contribution in [-0.4, -0.2) is 42.3 Å². The molecule has 2 bridgehead atoms. The molecule has 3 aliphatic carbocycles. The molecule has 1 N–H and O–H groups in total. The molecule has 136 valence electrons. The molecule has 0 aromatic carbocycles. The number of fused-ring (bicyclic) bond motifs is 1. The molecule has 5 nitrogen and oxygen atoms in total. The highest BCUT2D eigenvalue weighted by atomic mass is 16.6. The number of hydrogen-bond acceptors (Lipinski definition) is 5. The second kappa shape index (κ2) is 4.62. The van der Waals surface area contributed by atoms with Gasteiger partial charge in [0.25, 0.3) is 0 Å². The molecule has 0 aromatic rings. The Morgan fingerprint density at radius 2 is 1.92 bits per heavy atom. The van der Waals surface area contributed by atoms with Crippen molar-refractivity contribution in [3.8, 4) is 0 Å². The molecule has 0 amide bonds. The molecule has 7 atom stereocenters. The van der Waals surface area contributed by atoms with Crippen molar-refractivity contribution in [2.75, 3.05) is 13.2 Å². The molecule has 7 unspecified atom stereocenters. The standard InChI is InChI=1S/C20H26O5/c1-10-11-4-5-12-19(7-11,16(10)22)8-24-14-6-13(21)18(2,3)15-17(23)25-9-20(12,14)15/h11-12,14-15,17,23H,1,4-9H2,2-3H3. The predicted octanol–water partition coefficient (Wildman–Crippen LogP) is 1.88. The van der Waals surface area contributed by atoms with Crippen molar-refractivity contribution in [3.63, 3.8) is 0 Å². The zero-order valence-electron chi connectivity index (χ0n) is 14.9. The van der Waals surface area contributed by atoms with E-state index in [-0.39, 0.29) is 35.4 Å². The number of allylic oxidation sites excluding steroid dienone is 1. The zero-order chi connectivity index (χ0) is 17.8. The summed E-state index contributed by atoms with van der Waals surface area (Å²) in [5, 5.41) is 10.7. The number of aliphatic hydroxyl groups is 1. The Bertz CT molecular complexity index is 696. The van der Waals surface area contributed by atoms with Crippen LogP contribution in [0, 0.1) is 34.0 Å². The molecule has 3 saturated carbocycles. The van der Waals surface area contributed by atoms with Crippen molar-refractivity contribution in [2.24, 2.45) is 34.0 Å². The molecule has 2 spiro atoms. The van der Waals surface area contributed by atoms with E-state index < -0.39 is 22.5 Å². The lowest BCUT2D eigenvalue weighted by molar-refractivity contribution is -0.237. The van der Waals surface area contributed by atoms with E-state index >= 15 is 0 Å². The highest BCUT2D eigenvalue weighted by Gasteiger charge is 2.75. The summed E-state index contributed by atoms with van der Waals surface area (Å²) in [5.74, 6) is 0.310. The number of ether oxygens (including phenoxy) is 2. The minimum absolute atomic E-state index is 0.0938. The average Bonchev–Trinajstić information content (AvgIpc) is 3.01. The number of hydrogen-bond donors (Lipinski definition) is 1. The van der Waals surface area contributed by atoms with Crippen molar-refractivity contribution < 1.29 is 24.2 Å². The van der Waals surface area contributed by atoms with Crippen LogP contribution >= 0.6 is 0 Å². The Balaban J connectivity index is 1.69. The number of rotatable bonds is 0. The normalized spacial score (nSPS) is 53.4. The van der Waals surface area contributed by atoms with E-state index in [1.807, 2.05) is 13.8 Å². The topological polar surface area (TPSA) is 72.8 Å². The van der Waals surface area contributed by atoms with Crippen LogP contribution in [-0.2, 0) is 19.1 Å². The smallest absolute Gasteiger partial charge is 0.167 e. The van der Waals surface area contributed by atoms with Gasteiger partial charge in [0.2, 0.25) is 0 Å². The minimum Gasteiger partial charge on any atom is -0.376 e. The van der Waals surface area contributed by atoms with Gasteiger partial charge in [0.1, 0.15) is 5.78 Å². The van der Waals surface area contributed by atoms with E-state index in [1.165, 1.54) is 0 Å². The second-order valence-electron chi connectivity index (χ2n) is 9.48. The molecule has 5 aliphatic rings. The van der Waals surface area contributed by atoms with Gasteiger partial charge >= 0.3 is 0 Å². The quantitative estimate of drug-likeness (QED) is 0.678. The predicted molar refractivity (Wildman–Crippen MR) is 88.4 cm³/mol. The largest absolute Gasteiger partial charge is 0.376 e. The van der Waals surface area contributed by atoms with Gasteiger partial charge in [-0.1, -0.05) is 20.4 Å². The zero-order valence-corrected chi connectivity index (χ0v) is 14.9.